The molecule has 5 heteroatoms. The van der Waals surface area contributed by atoms with E-state index in [0.29, 0.717) is 19.4 Å². The molecule has 1 aliphatic carbocycles. The normalized spacial score (nSPS) is 25.6. The van der Waals surface area contributed by atoms with Gasteiger partial charge in [0.1, 0.15) is 5.75 Å². The maximum atomic E-state index is 10.8. The molecule has 2 N–H and O–H groups in total. The van der Waals surface area contributed by atoms with Gasteiger partial charge >= 0.3 is 5.97 Å². The Morgan fingerprint density at radius 3 is 2.60 bits per heavy atom. The number of ether oxygens (including phenoxy) is 2. The Bertz CT molecular complexity index is 442. The number of aliphatic hydroxyl groups is 1. The molecular weight excluding hydrogens is 260 g/mol. The first kappa shape index (κ1) is 14.8. The van der Waals surface area contributed by atoms with E-state index in [9.17, 15) is 9.90 Å². The molecule has 20 heavy (non-hydrogen) atoms. The number of carbonyl (C=O) groups is 1. The van der Waals surface area contributed by atoms with Crippen molar-refractivity contribution in [3.63, 3.8) is 0 Å². The van der Waals surface area contributed by atoms with Gasteiger partial charge in [0.15, 0.2) is 0 Å². The van der Waals surface area contributed by atoms with Gasteiger partial charge in [-0.05, 0) is 36.5 Å². The number of hydrogen-bond acceptors (Lipinski definition) is 4. The number of carboxylic acids is 1. The van der Waals surface area contributed by atoms with Crippen LogP contribution in [0.2, 0.25) is 0 Å². The zero-order valence-electron chi connectivity index (χ0n) is 11.5. The molecule has 1 fully saturated rings. The maximum Gasteiger partial charge on any atom is 0.303 e. The van der Waals surface area contributed by atoms with Crippen molar-refractivity contribution >= 4 is 5.97 Å². The van der Waals surface area contributed by atoms with Gasteiger partial charge < -0.3 is 19.7 Å². The molecule has 3 atom stereocenters. The predicted molar refractivity (Wildman–Crippen MR) is 72.6 cm³/mol. The van der Waals surface area contributed by atoms with Crippen LogP contribution in [0.15, 0.2) is 24.3 Å². The average Bonchev–Trinajstić information content (AvgIpc) is 2.77. The summed E-state index contributed by atoms with van der Waals surface area (Å²) in [6.45, 7) is 0.363. The molecule has 0 spiro atoms. The van der Waals surface area contributed by atoms with Gasteiger partial charge in [0.25, 0.3) is 0 Å². The van der Waals surface area contributed by atoms with Crippen LogP contribution in [0.1, 0.15) is 24.8 Å². The Hall–Kier alpha value is -1.59. The molecule has 1 aliphatic rings. The van der Waals surface area contributed by atoms with E-state index in [1.54, 1.807) is 7.11 Å². The molecule has 0 heterocycles. The van der Waals surface area contributed by atoms with E-state index in [1.165, 1.54) is 0 Å². The molecule has 1 aromatic rings. The second kappa shape index (κ2) is 6.72. The van der Waals surface area contributed by atoms with Gasteiger partial charge in [0, 0.05) is 0 Å². The van der Waals surface area contributed by atoms with Crippen molar-refractivity contribution in [3.8, 4) is 5.75 Å². The summed E-state index contributed by atoms with van der Waals surface area (Å²) in [5, 5.41) is 18.8. The topological polar surface area (TPSA) is 76.0 Å². The third-order valence-electron chi connectivity index (χ3n) is 3.72. The molecule has 0 radical (unpaired) electrons. The lowest BCUT2D eigenvalue weighted by atomic mass is 10.0. The summed E-state index contributed by atoms with van der Waals surface area (Å²) in [4.78, 5) is 10.8. The highest BCUT2D eigenvalue weighted by atomic mass is 16.5. The standard InChI is InChI=1S/C15H20O5/c1-19-12-5-2-10(3-6-12)9-20-15-11(8-14(17)18)4-7-13(15)16/h2-3,5-6,11,13,15-16H,4,7-9H2,1H3,(H,17,18)/t11-,13-,15-/m1/s1. The Kier molecular flexibility index (Phi) is 4.98. The van der Waals surface area contributed by atoms with Crippen LogP contribution in [0.5, 0.6) is 5.75 Å². The number of methoxy groups -OCH3 is 1. The lowest BCUT2D eigenvalue weighted by Crippen LogP contribution is -2.30. The third-order valence-corrected chi connectivity index (χ3v) is 3.72. The number of rotatable bonds is 6. The Labute approximate surface area is 118 Å². The minimum Gasteiger partial charge on any atom is -0.497 e. The lowest BCUT2D eigenvalue weighted by Gasteiger charge is -2.21. The van der Waals surface area contributed by atoms with Crippen LogP contribution in [0.3, 0.4) is 0 Å². The van der Waals surface area contributed by atoms with Crippen LogP contribution in [0.25, 0.3) is 0 Å². The lowest BCUT2D eigenvalue weighted by molar-refractivity contribution is -0.140. The number of benzene rings is 1. The second-order valence-electron chi connectivity index (χ2n) is 5.13. The molecule has 0 aromatic heterocycles. The van der Waals surface area contributed by atoms with E-state index in [1.807, 2.05) is 24.3 Å². The molecule has 5 nitrogen and oxygen atoms in total. The van der Waals surface area contributed by atoms with Crippen molar-refractivity contribution in [3.05, 3.63) is 29.8 Å². The number of hydrogen-bond donors (Lipinski definition) is 2. The number of carboxylic acid groups (broad SMARTS) is 1. The molecule has 0 saturated heterocycles. The van der Waals surface area contributed by atoms with E-state index in [-0.39, 0.29) is 12.3 Å². The van der Waals surface area contributed by atoms with E-state index in [0.717, 1.165) is 11.3 Å². The fraction of sp³-hybridized carbons (Fsp3) is 0.533. The highest BCUT2D eigenvalue weighted by molar-refractivity contribution is 5.67. The zero-order valence-corrected chi connectivity index (χ0v) is 11.5. The number of aliphatic carboxylic acids is 1. The molecule has 1 saturated carbocycles. The van der Waals surface area contributed by atoms with Gasteiger partial charge in [-0.2, -0.15) is 0 Å². The quantitative estimate of drug-likeness (QED) is 0.831. The monoisotopic (exact) mass is 280 g/mol. The average molecular weight is 280 g/mol. The van der Waals surface area contributed by atoms with E-state index in [2.05, 4.69) is 0 Å². The largest absolute Gasteiger partial charge is 0.497 e. The predicted octanol–water partition coefficient (Wildman–Crippen LogP) is 1.83. The first-order valence-electron chi connectivity index (χ1n) is 6.74. The summed E-state index contributed by atoms with van der Waals surface area (Å²) in [5.41, 5.74) is 0.971. The first-order chi connectivity index (χ1) is 9.60. The van der Waals surface area contributed by atoms with Crippen molar-refractivity contribution in [2.75, 3.05) is 7.11 Å². The Morgan fingerprint density at radius 1 is 1.30 bits per heavy atom. The molecule has 0 unspecified atom stereocenters. The van der Waals surface area contributed by atoms with E-state index < -0.39 is 18.2 Å². The molecule has 0 bridgehead atoms. The summed E-state index contributed by atoms with van der Waals surface area (Å²) in [6.07, 6.45) is 0.377. The fourth-order valence-electron chi connectivity index (χ4n) is 2.63. The summed E-state index contributed by atoms with van der Waals surface area (Å²) < 4.78 is 10.8. The van der Waals surface area contributed by atoms with Crippen LogP contribution >= 0.6 is 0 Å². The number of aliphatic hydroxyl groups excluding tert-OH is 1. The van der Waals surface area contributed by atoms with Crippen LogP contribution in [-0.2, 0) is 16.1 Å². The molecule has 110 valence electrons. The van der Waals surface area contributed by atoms with E-state index >= 15 is 0 Å². The van der Waals surface area contributed by atoms with Gasteiger partial charge in [-0.25, -0.2) is 0 Å². The SMILES string of the molecule is COc1ccc(CO[C@@H]2[C@@H](CC(=O)O)CC[C@H]2O)cc1. The fourth-order valence-corrected chi connectivity index (χ4v) is 2.63. The smallest absolute Gasteiger partial charge is 0.303 e. The minimum atomic E-state index is -0.845. The Morgan fingerprint density at radius 2 is 2.00 bits per heavy atom. The van der Waals surface area contributed by atoms with E-state index in [4.69, 9.17) is 14.6 Å². The van der Waals surface area contributed by atoms with Crippen molar-refractivity contribution in [1.82, 2.24) is 0 Å². The van der Waals surface area contributed by atoms with Gasteiger partial charge in [-0.1, -0.05) is 12.1 Å². The van der Waals surface area contributed by atoms with Gasteiger partial charge in [0.2, 0.25) is 0 Å². The first-order valence-corrected chi connectivity index (χ1v) is 6.74. The third kappa shape index (κ3) is 3.71. The van der Waals surface area contributed by atoms with Crippen molar-refractivity contribution in [1.29, 1.82) is 0 Å². The molecule has 0 amide bonds. The van der Waals surface area contributed by atoms with Crippen molar-refractivity contribution < 1.29 is 24.5 Å². The highest BCUT2D eigenvalue weighted by Crippen LogP contribution is 2.32. The summed E-state index contributed by atoms with van der Waals surface area (Å²) in [7, 11) is 1.61. The molecule has 2 rings (SSSR count). The van der Waals surface area contributed by atoms with Gasteiger partial charge in [-0.3, -0.25) is 4.79 Å². The summed E-state index contributed by atoms with van der Waals surface area (Å²) in [6, 6.07) is 7.48. The van der Waals surface area contributed by atoms with Crippen LogP contribution < -0.4 is 4.74 Å². The second-order valence-corrected chi connectivity index (χ2v) is 5.13. The van der Waals surface area contributed by atoms with Crippen molar-refractivity contribution in [2.45, 2.75) is 38.1 Å². The van der Waals surface area contributed by atoms with Crippen LogP contribution in [0.4, 0.5) is 0 Å². The Balaban J connectivity index is 1.91. The van der Waals surface area contributed by atoms with Crippen molar-refractivity contribution in [2.24, 2.45) is 5.92 Å². The molecule has 0 aliphatic heterocycles. The minimum absolute atomic E-state index is 0.0460. The van der Waals surface area contributed by atoms with Gasteiger partial charge in [-0.15, -0.1) is 0 Å². The molecule has 1 aromatic carbocycles. The zero-order chi connectivity index (χ0) is 14.5. The van der Waals surface area contributed by atoms with Crippen LogP contribution in [0, 0.1) is 5.92 Å². The van der Waals surface area contributed by atoms with Gasteiger partial charge in [0.05, 0.1) is 32.3 Å². The molecular formula is C15H20O5. The maximum absolute atomic E-state index is 10.8. The highest BCUT2D eigenvalue weighted by Gasteiger charge is 2.36. The van der Waals surface area contributed by atoms with Crippen LogP contribution in [-0.4, -0.2) is 35.5 Å². The summed E-state index contributed by atoms with van der Waals surface area (Å²) >= 11 is 0. The summed E-state index contributed by atoms with van der Waals surface area (Å²) in [5.74, 6) is -0.179.